The summed E-state index contributed by atoms with van der Waals surface area (Å²) >= 11 is 1.47. The van der Waals surface area contributed by atoms with Crippen LogP contribution < -0.4 is 4.74 Å². The molecule has 0 aromatic carbocycles. The molecule has 98 valence electrons. The number of ether oxygens (including phenoxy) is 1. The Balaban J connectivity index is 1.60. The van der Waals surface area contributed by atoms with Gasteiger partial charge in [-0.2, -0.15) is 0 Å². The average molecular weight is 275 g/mol. The Morgan fingerprint density at radius 1 is 1.37 bits per heavy atom. The van der Waals surface area contributed by atoms with Crippen molar-refractivity contribution < 1.29 is 9.53 Å². The molecule has 0 bridgehead atoms. The molecule has 0 N–H and O–H groups in total. The molecule has 0 spiro atoms. The maximum Gasteiger partial charge on any atom is 0.316 e. The van der Waals surface area contributed by atoms with Gasteiger partial charge in [0.2, 0.25) is 0 Å². The quantitative estimate of drug-likeness (QED) is 0.857. The van der Waals surface area contributed by atoms with Crippen LogP contribution in [0.3, 0.4) is 0 Å². The molecule has 1 aliphatic heterocycles. The number of hydrogen-bond acceptors (Lipinski definition) is 5. The minimum absolute atomic E-state index is 0.0219. The molecule has 3 rings (SSSR count). The van der Waals surface area contributed by atoms with Crippen molar-refractivity contribution in [3.05, 3.63) is 40.8 Å². The number of aromatic nitrogens is 2. The summed E-state index contributed by atoms with van der Waals surface area (Å²) < 4.78 is 5.66. The Hall–Kier alpha value is -1.95. The molecule has 2 aromatic rings. The predicted molar refractivity (Wildman–Crippen MR) is 71.3 cm³/mol. The second kappa shape index (κ2) is 5.36. The molecule has 0 aliphatic carbocycles. The second-order valence-electron chi connectivity index (χ2n) is 4.29. The first-order valence-corrected chi connectivity index (χ1v) is 6.97. The number of likely N-dealkylation sites (tertiary alicyclic amines) is 1. The first-order valence-electron chi connectivity index (χ1n) is 6.09. The lowest BCUT2D eigenvalue weighted by molar-refractivity contribution is 0.0774. The van der Waals surface area contributed by atoms with E-state index < -0.39 is 0 Å². The van der Waals surface area contributed by atoms with Crippen LogP contribution in [0.4, 0.5) is 0 Å². The molecule has 2 aromatic heterocycles. The van der Waals surface area contributed by atoms with Gasteiger partial charge >= 0.3 is 6.01 Å². The van der Waals surface area contributed by atoms with Crippen molar-refractivity contribution in [3.8, 4) is 6.01 Å². The van der Waals surface area contributed by atoms with Gasteiger partial charge in [0.05, 0.1) is 11.4 Å². The number of rotatable bonds is 3. The van der Waals surface area contributed by atoms with Crippen LogP contribution in [0.5, 0.6) is 6.01 Å². The van der Waals surface area contributed by atoms with Crippen LogP contribution in [0.2, 0.25) is 0 Å². The highest BCUT2D eigenvalue weighted by Gasteiger charge is 2.29. The Morgan fingerprint density at radius 2 is 2.21 bits per heavy atom. The van der Waals surface area contributed by atoms with E-state index in [9.17, 15) is 4.79 Å². The molecule has 1 atom stereocenters. The summed E-state index contributed by atoms with van der Waals surface area (Å²) in [6.07, 6.45) is 4.08. The van der Waals surface area contributed by atoms with Crippen LogP contribution in [0, 0.1) is 0 Å². The third kappa shape index (κ3) is 2.73. The molecule has 0 unspecified atom stereocenters. The summed E-state index contributed by atoms with van der Waals surface area (Å²) in [7, 11) is 0. The van der Waals surface area contributed by atoms with E-state index in [2.05, 4.69) is 9.97 Å². The molecular weight excluding hydrogens is 262 g/mol. The summed E-state index contributed by atoms with van der Waals surface area (Å²) in [5, 5.41) is 1.91. The molecule has 0 radical (unpaired) electrons. The van der Waals surface area contributed by atoms with Gasteiger partial charge in [0, 0.05) is 25.4 Å². The average Bonchev–Trinajstić information content (AvgIpc) is 3.10. The Bertz CT molecular complexity index is 544. The maximum atomic E-state index is 12.2. The van der Waals surface area contributed by atoms with Crippen molar-refractivity contribution in [1.29, 1.82) is 0 Å². The normalized spacial score (nSPS) is 18.5. The highest BCUT2D eigenvalue weighted by atomic mass is 32.1. The lowest BCUT2D eigenvalue weighted by atomic mass is 10.3. The molecule has 1 fully saturated rings. The van der Waals surface area contributed by atoms with Gasteiger partial charge in [0.1, 0.15) is 6.10 Å². The maximum absolute atomic E-state index is 12.2. The zero-order valence-electron chi connectivity index (χ0n) is 10.2. The van der Waals surface area contributed by atoms with Crippen molar-refractivity contribution in [1.82, 2.24) is 14.9 Å². The smallest absolute Gasteiger partial charge is 0.316 e. The standard InChI is InChI=1S/C13H13N3O2S/c17-12(11-3-1-8-19-11)16-7-4-10(9-16)18-13-14-5-2-6-15-13/h1-3,5-6,8,10H,4,7,9H2/t10-/m0/s1. The van der Waals surface area contributed by atoms with Gasteiger partial charge < -0.3 is 9.64 Å². The largest absolute Gasteiger partial charge is 0.458 e. The van der Waals surface area contributed by atoms with Crippen LogP contribution in [0.1, 0.15) is 16.1 Å². The Labute approximate surface area is 114 Å². The van der Waals surface area contributed by atoms with Crippen molar-refractivity contribution in [2.45, 2.75) is 12.5 Å². The molecule has 1 amide bonds. The lowest BCUT2D eigenvalue weighted by Crippen LogP contribution is -2.30. The Kier molecular flexibility index (Phi) is 3.41. The minimum Gasteiger partial charge on any atom is -0.458 e. The third-order valence-electron chi connectivity index (χ3n) is 2.98. The zero-order chi connectivity index (χ0) is 13.1. The van der Waals surface area contributed by atoms with Crippen molar-refractivity contribution in [2.75, 3.05) is 13.1 Å². The van der Waals surface area contributed by atoms with E-state index in [0.717, 1.165) is 11.3 Å². The lowest BCUT2D eigenvalue weighted by Gasteiger charge is -2.15. The van der Waals surface area contributed by atoms with Crippen LogP contribution >= 0.6 is 11.3 Å². The van der Waals surface area contributed by atoms with Gasteiger partial charge in [-0.05, 0) is 17.5 Å². The fraction of sp³-hybridized carbons (Fsp3) is 0.308. The molecular formula is C13H13N3O2S. The molecule has 0 saturated carbocycles. The van der Waals surface area contributed by atoms with Gasteiger partial charge in [0.25, 0.3) is 5.91 Å². The molecule has 1 saturated heterocycles. The summed E-state index contributed by atoms with van der Waals surface area (Å²) in [6.45, 7) is 1.31. The van der Waals surface area contributed by atoms with E-state index in [0.29, 0.717) is 19.1 Å². The number of carbonyl (C=O) groups is 1. The SMILES string of the molecule is O=C(c1cccs1)N1CC[C@H](Oc2ncccn2)C1. The first-order chi connectivity index (χ1) is 9.33. The van der Waals surface area contributed by atoms with Gasteiger partial charge in [0.15, 0.2) is 0 Å². The number of nitrogens with zero attached hydrogens (tertiary/aromatic N) is 3. The van der Waals surface area contributed by atoms with Gasteiger partial charge in [-0.3, -0.25) is 4.79 Å². The monoisotopic (exact) mass is 275 g/mol. The minimum atomic E-state index is -0.0219. The van der Waals surface area contributed by atoms with Crippen molar-refractivity contribution in [2.24, 2.45) is 0 Å². The van der Waals surface area contributed by atoms with E-state index in [-0.39, 0.29) is 12.0 Å². The van der Waals surface area contributed by atoms with Gasteiger partial charge in [-0.25, -0.2) is 9.97 Å². The van der Waals surface area contributed by atoms with E-state index >= 15 is 0 Å². The molecule has 19 heavy (non-hydrogen) atoms. The summed E-state index contributed by atoms with van der Waals surface area (Å²) in [4.78, 5) is 22.8. The highest BCUT2D eigenvalue weighted by Crippen LogP contribution is 2.19. The zero-order valence-corrected chi connectivity index (χ0v) is 11.0. The van der Waals surface area contributed by atoms with Crippen LogP contribution in [-0.4, -0.2) is 40.0 Å². The highest BCUT2D eigenvalue weighted by molar-refractivity contribution is 7.12. The number of carbonyl (C=O) groups excluding carboxylic acids is 1. The fourth-order valence-electron chi connectivity index (χ4n) is 2.06. The number of hydrogen-bond donors (Lipinski definition) is 0. The molecule has 6 heteroatoms. The predicted octanol–water partition coefficient (Wildman–Crippen LogP) is 1.83. The summed E-state index contributed by atoms with van der Waals surface area (Å²) in [5.41, 5.74) is 0. The molecule has 1 aliphatic rings. The van der Waals surface area contributed by atoms with Crippen LogP contribution in [0.15, 0.2) is 36.0 Å². The van der Waals surface area contributed by atoms with Crippen LogP contribution in [-0.2, 0) is 0 Å². The Morgan fingerprint density at radius 3 is 2.95 bits per heavy atom. The first kappa shape index (κ1) is 12.1. The number of thiophene rings is 1. The summed E-state index contributed by atoms with van der Waals surface area (Å²) in [5.74, 6) is 0.0788. The fourth-order valence-corrected chi connectivity index (χ4v) is 2.75. The molecule has 3 heterocycles. The third-order valence-corrected chi connectivity index (χ3v) is 3.84. The van der Waals surface area contributed by atoms with Crippen molar-refractivity contribution in [3.63, 3.8) is 0 Å². The van der Waals surface area contributed by atoms with Crippen LogP contribution in [0.25, 0.3) is 0 Å². The van der Waals surface area contributed by atoms with Crippen molar-refractivity contribution >= 4 is 17.2 Å². The number of amides is 1. The van der Waals surface area contributed by atoms with E-state index in [4.69, 9.17) is 4.74 Å². The van der Waals surface area contributed by atoms with Gasteiger partial charge in [-0.1, -0.05) is 6.07 Å². The van der Waals surface area contributed by atoms with Gasteiger partial charge in [-0.15, -0.1) is 11.3 Å². The van der Waals surface area contributed by atoms with E-state index in [1.807, 2.05) is 22.4 Å². The second-order valence-corrected chi connectivity index (χ2v) is 5.24. The van der Waals surface area contributed by atoms with E-state index in [1.54, 1.807) is 18.5 Å². The summed E-state index contributed by atoms with van der Waals surface area (Å²) in [6, 6.07) is 5.85. The topological polar surface area (TPSA) is 55.3 Å². The van der Waals surface area contributed by atoms with E-state index in [1.165, 1.54) is 11.3 Å². The molecule has 5 nitrogen and oxygen atoms in total.